The van der Waals surface area contributed by atoms with Gasteiger partial charge in [-0.3, -0.25) is 4.79 Å². The van der Waals surface area contributed by atoms with Gasteiger partial charge in [0.05, 0.1) is 0 Å². The third kappa shape index (κ3) is 3.66. The summed E-state index contributed by atoms with van der Waals surface area (Å²) in [5.41, 5.74) is 13.5. The third-order valence-corrected chi connectivity index (χ3v) is 2.56. The number of carbonyl (C=O) groups is 1. The fourth-order valence-electron chi connectivity index (χ4n) is 1.67. The second-order valence-electron chi connectivity index (χ2n) is 4.03. The standard InChI is InChI=1S/C13H20N2O2/c1-3-5-13(16)17-12(4-2)10-7-6-9(14)8-11(10)15/h6-8,12H,3-5,14-15H2,1-2H3. The van der Waals surface area contributed by atoms with Gasteiger partial charge < -0.3 is 16.2 Å². The molecule has 0 bridgehead atoms. The van der Waals surface area contributed by atoms with E-state index in [1.165, 1.54) is 0 Å². The number of nitrogen functional groups attached to an aromatic ring is 2. The van der Waals surface area contributed by atoms with E-state index in [4.69, 9.17) is 16.2 Å². The van der Waals surface area contributed by atoms with E-state index >= 15 is 0 Å². The molecule has 1 aromatic carbocycles. The number of ether oxygens (including phenoxy) is 1. The lowest BCUT2D eigenvalue weighted by atomic mass is 10.0. The van der Waals surface area contributed by atoms with Gasteiger partial charge in [-0.05, 0) is 25.0 Å². The van der Waals surface area contributed by atoms with Crippen LogP contribution in [0.2, 0.25) is 0 Å². The molecule has 94 valence electrons. The molecule has 1 rings (SSSR count). The van der Waals surface area contributed by atoms with E-state index in [0.717, 1.165) is 12.0 Å². The van der Waals surface area contributed by atoms with Crippen molar-refractivity contribution in [3.63, 3.8) is 0 Å². The number of esters is 1. The van der Waals surface area contributed by atoms with Crippen LogP contribution in [0.5, 0.6) is 0 Å². The molecule has 0 aliphatic heterocycles. The summed E-state index contributed by atoms with van der Waals surface area (Å²) in [5, 5.41) is 0. The van der Waals surface area contributed by atoms with Crippen LogP contribution in [0.15, 0.2) is 18.2 Å². The van der Waals surface area contributed by atoms with Gasteiger partial charge in [0.15, 0.2) is 0 Å². The molecule has 4 heteroatoms. The van der Waals surface area contributed by atoms with Gasteiger partial charge in [0.1, 0.15) is 6.10 Å². The molecule has 0 heterocycles. The average molecular weight is 236 g/mol. The Bertz CT molecular complexity index is 391. The first kappa shape index (κ1) is 13.4. The Hall–Kier alpha value is -1.71. The average Bonchev–Trinajstić information content (AvgIpc) is 2.27. The highest BCUT2D eigenvalue weighted by molar-refractivity contribution is 5.70. The highest BCUT2D eigenvalue weighted by Gasteiger charge is 2.16. The number of hydrogen-bond acceptors (Lipinski definition) is 4. The largest absolute Gasteiger partial charge is 0.457 e. The first-order valence-electron chi connectivity index (χ1n) is 5.92. The molecule has 4 N–H and O–H groups in total. The van der Waals surface area contributed by atoms with E-state index in [1.807, 2.05) is 19.9 Å². The van der Waals surface area contributed by atoms with Crippen LogP contribution in [0.4, 0.5) is 11.4 Å². The van der Waals surface area contributed by atoms with Crippen molar-refractivity contribution in [3.05, 3.63) is 23.8 Å². The van der Waals surface area contributed by atoms with Gasteiger partial charge in [-0.1, -0.05) is 19.9 Å². The summed E-state index contributed by atoms with van der Waals surface area (Å²) in [7, 11) is 0. The molecule has 0 saturated carbocycles. The Balaban J connectivity index is 2.82. The molecule has 0 aliphatic rings. The first-order valence-corrected chi connectivity index (χ1v) is 5.92. The molecule has 0 spiro atoms. The molecule has 1 unspecified atom stereocenters. The lowest BCUT2D eigenvalue weighted by Crippen LogP contribution is -2.12. The lowest BCUT2D eigenvalue weighted by molar-refractivity contribution is -0.149. The molecule has 0 saturated heterocycles. The zero-order valence-corrected chi connectivity index (χ0v) is 10.4. The van der Waals surface area contributed by atoms with Crippen molar-refractivity contribution in [1.82, 2.24) is 0 Å². The normalized spacial score (nSPS) is 12.1. The van der Waals surface area contributed by atoms with Crippen LogP contribution in [0.3, 0.4) is 0 Å². The first-order chi connectivity index (χ1) is 8.08. The Morgan fingerprint density at radius 3 is 2.59 bits per heavy atom. The summed E-state index contributed by atoms with van der Waals surface area (Å²) >= 11 is 0. The van der Waals surface area contributed by atoms with Gasteiger partial charge >= 0.3 is 5.97 Å². The van der Waals surface area contributed by atoms with Crippen molar-refractivity contribution in [1.29, 1.82) is 0 Å². The molecule has 0 fully saturated rings. The highest BCUT2D eigenvalue weighted by Crippen LogP contribution is 2.28. The molecule has 0 amide bonds. The van der Waals surface area contributed by atoms with Crippen LogP contribution in [0.1, 0.15) is 44.8 Å². The zero-order chi connectivity index (χ0) is 12.8. The molecule has 0 aromatic heterocycles. The van der Waals surface area contributed by atoms with Gasteiger partial charge in [0, 0.05) is 23.4 Å². The quantitative estimate of drug-likeness (QED) is 0.608. The Morgan fingerprint density at radius 2 is 2.06 bits per heavy atom. The summed E-state index contributed by atoms with van der Waals surface area (Å²) in [4.78, 5) is 11.5. The van der Waals surface area contributed by atoms with Crippen molar-refractivity contribution < 1.29 is 9.53 Å². The second kappa shape index (κ2) is 6.13. The van der Waals surface area contributed by atoms with E-state index in [9.17, 15) is 4.79 Å². The minimum atomic E-state index is -0.283. The fraction of sp³-hybridized carbons (Fsp3) is 0.462. The van der Waals surface area contributed by atoms with Crippen molar-refractivity contribution in [3.8, 4) is 0 Å². The number of carbonyl (C=O) groups excluding carboxylic acids is 1. The molecule has 1 aromatic rings. The number of rotatable bonds is 5. The highest BCUT2D eigenvalue weighted by atomic mass is 16.5. The van der Waals surface area contributed by atoms with Crippen LogP contribution in [-0.2, 0) is 9.53 Å². The molecule has 0 aliphatic carbocycles. The van der Waals surface area contributed by atoms with E-state index in [1.54, 1.807) is 12.1 Å². The third-order valence-electron chi connectivity index (χ3n) is 2.56. The van der Waals surface area contributed by atoms with Gasteiger partial charge in [-0.15, -0.1) is 0 Å². The van der Waals surface area contributed by atoms with Crippen molar-refractivity contribution in [2.45, 2.75) is 39.2 Å². The predicted octanol–water partition coefficient (Wildman–Crippen LogP) is 2.65. The number of nitrogens with two attached hydrogens (primary N) is 2. The van der Waals surface area contributed by atoms with Crippen LogP contribution < -0.4 is 11.5 Å². The monoisotopic (exact) mass is 236 g/mol. The molecule has 1 atom stereocenters. The molecule has 17 heavy (non-hydrogen) atoms. The van der Waals surface area contributed by atoms with Crippen molar-refractivity contribution in [2.24, 2.45) is 0 Å². The predicted molar refractivity (Wildman–Crippen MR) is 69.3 cm³/mol. The van der Waals surface area contributed by atoms with Crippen LogP contribution in [0, 0.1) is 0 Å². The maximum absolute atomic E-state index is 11.5. The van der Waals surface area contributed by atoms with Crippen LogP contribution in [-0.4, -0.2) is 5.97 Å². The number of hydrogen-bond donors (Lipinski definition) is 2. The maximum Gasteiger partial charge on any atom is 0.306 e. The summed E-state index contributed by atoms with van der Waals surface area (Å²) in [6.45, 7) is 3.90. The van der Waals surface area contributed by atoms with E-state index in [-0.39, 0.29) is 12.1 Å². The second-order valence-corrected chi connectivity index (χ2v) is 4.03. The lowest BCUT2D eigenvalue weighted by Gasteiger charge is -2.18. The maximum atomic E-state index is 11.5. The Kier molecular flexibility index (Phi) is 4.82. The SMILES string of the molecule is CCCC(=O)OC(CC)c1ccc(N)cc1N. The van der Waals surface area contributed by atoms with E-state index < -0.39 is 0 Å². The van der Waals surface area contributed by atoms with Crippen molar-refractivity contribution in [2.75, 3.05) is 11.5 Å². The summed E-state index contributed by atoms with van der Waals surface area (Å²) < 4.78 is 5.39. The number of anilines is 2. The Labute approximate surface area is 102 Å². The smallest absolute Gasteiger partial charge is 0.306 e. The zero-order valence-electron chi connectivity index (χ0n) is 10.4. The van der Waals surface area contributed by atoms with Gasteiger partial charge in [0.25, 0.3) is 0 Å². The van der Waals surface area contributed by atoms with Gasteiger partial charge in [-0.2, -0.15) is 0 Å². The summed E-state index contributed by atoms with van der Waals surface area (Å²) in [6.07, 6.45) is 1.64. The van der Waals surface area contributed by atoms with E-state index in [2.05, 4.69) is 0 Å². The number of benzene rings is 1. The van der Waals surface area contributed by atoms with Crippen molar-refractivity contribution >= 4 is 17.3 Å². The molecular formula is C13H20N2O2. The molecule has 0 radical (unpaired) electrons. The minimum absolute atomic E-state index is 0.185. The van der Waals surface area contributed by atoms with Crippen LogP contribution in [0.25, 0.3) is 0 Å². The fourth-order valence-corrected chi connectivity index (χ4v) is 1.67. The minimum Gasteiger partial charge on any atom is -0.457 e. The van der Waals surface area contributed by atoms with Gasteiger partial charge in [-0.25, -0.2) is 0 Å². The van der Waals surface area contributed by atoms with Crippen LogP contribution >= 0.6 is 0 Å². The summed E-state index contributed by atoms with van der Waals surface area (Å²) in [6, 6.07) is 5.27. The molecule has 4 nitrogen and oxygen atoms in total. The van der Waals surface area contributed by atoms with E-state index in [0.29, 0.717) is 24.2 Å². The van der Waals surface area contributed by atoms with Gasteiger partial charge in [0.2, 0.25) is 0 Å². The Morgan fingerprint density at radius 1 is 1.35 bits per heavy atom. The summed E-state index contributed by atoms with van der Waals surface area (Å²) in [5.74, 6) is -0.185. The molecular weight excluding hydrogens is 216 g/mol. The topological polar surface area (TPSA) is 78.3 Å².